The SMILES string of the molecule is O=C(Nc1ccccc1N1CCCCC1)NC1CC1. The molecule has 2 N–H and O–H groups in total. The summed E-state index contributed by atoms with van der Waals surface area (Å²) in [6, 6.07) is 8.40. The number of amides is 2. The second-order valence-corrected chi connectivity index (χ2v) is 5.44. The molecule has 0 spiro atoms. The van der Waals surface area contributed by atoms with Crippen LogP contribution in [0, 0.1) is 0 Å². The standard InChI is InChI=1S/C15H21N3O/c19-15(16-12-8-9-12)17-13-6-2-3-7-14(13)18-10-4-1-5-11-18/h2-3,6-7,12H,1,4-5,8-11H2,(H2,16,17,19). The second kappa shape index (κ2) is 5.51. The summed E-state index contributed by atoms with van der Waals surface area (Å²) < 4.78 is 0. The van der Waals surface area contributed by atoms with Crippen LogP contribution in [0.1, 0.15) is 32.1 Å². The highest BCUT2D eigenvalue weighted by Gasteiger charge is 2.23. The molecule has 1 saturated heterocycles. The van der Waals surface area contributed by atoms with Gasteiger partial charge in [-0.25, -0.2) is 4.79 Å². The lowest BCUT2D eigenvalue weighted by molar-refractivity contribution is 0.251. The van der Waals surface area contributed by atoms with Gasteiger partial charge in [0.2, 0.25) is 0 Å². The first-order valence-electron chi connectivity index (χ1n) is 7.24. The van der Waals surface area contributed by atoms with Crippen molar-refractivity contribution in [1.82, 2.24) is 5.32 Å². The summed E-state index contributed by atoms with van der Waals surface area (Å²) in [6.07, 6.45) is 6.02. The zero-order valence-electron chi connectivity index (χ0n) is 11.2. The number of nitrogens with zero attached hydrogens (tertiary/aromatic N) is 1. The molecule has 1 aliphatic heterocycles. The molecule has 0 aromatic heterocycles. The van der Waals surface area contributed by atoms with Crippen LogP contribution in [0.4, 0.5) is 16.2 Å². The van der Waals surface area contributed by atoms with Crippen LogP contribution in [0.2, 0.25) is 0 Å². The van der Waals surface area contributed by atoms with E-state index in [2.05, 4.69) is 21.6 Å². The van der Waals surface area contributed by atoms with Crippen LogP contribution in [0.25, 0.3) is 0 Å². The summed E-state index contributed by atoms with van der Waals surface area (Å²) in [6.45, 7) is 2.17. The molecular weight excluding hydrogens is 238 g/mol. The number of piperidine rings is 1. The average molecular weight is 259 g/mol. The Morgan fingerprint density at radius 2 is 1.84 bits per heavy atom. The highest BCUT2D eigenvalue weighted by Crippen LogP contribution is 2.28. The van der Waals surface area contributed by atoms with Gasteiger partial charge in [-0.05, 0) is 44.2 Å². The van der Waals surface area contributed by atoms with Crippen LogP contribution in [0.15, 0.2) is 24.3 Å². The molecule has 2 aliphatic rings. The second-order valence-electron chi connectivity index (χ2n) is 5.44. The van der Waals surface area contributed by atoms with E-state index in [1.807, 2.05) is 18.2 Å². The number of carbonyl (C=O) groups is 1. The highest BCUT2D eigenvalue weighted by molar-refractivity contribution is 5.93. The van der Waals surface area contributed by atoms with Gasteiger partial charge in [0, 0.05) is 19.1 Å². The maximum atomic E-state index is 11.9. The molecule has 1 aromatic rings. The first-order valence-corrected chi connectivity index (χ1v) is 7.24. The molecule has 0 atom stereocenters. The molecule has 0 radical (unpaired) electrons. The first kappa shape index (κ1) is 12.3. The largest absolute Gasteiger partial charge is 0.370 e. The summed E-state index contributed by atoms with van der Waals surface area (Å²) in [5.41, 5.74) is 2.07. The number of hydrogen-bond donors (Lipinski definition) is 2. The molecule has 4 heteroatoms. The van der Waals surface area contributed by atoms with Gasteiger partial charge in [-0.1, -0.05) is 12.1 Å². The lowest BCUT2D eigenvalue weighted by Crippen LogP contribution is -2.33. The number of nitrogens with one attached hydrogen (secondary N) is 2. The molecule has 1 heterocycles. The zero-order chi connectivity index (χ0) is 13.1. The molecule has 2 fully saturated rings. The Morgan fingerprint density at radius 3 is 2.58 bits per heavy atom. The van der Waals surface area contributed by atoms with Crippen molar-refractivity contribution in [2.45, 2.75) is 38.1 Å². The number of anilines is 2. The summed E-state index contributed by atoms with van der Waals surface area (Å²) in [5.74, 6) is 0. The van der Waals surface area contributed by atoms with Crippen molar-refractivity contribution < 1.29 is 4.79 Å². The topological polar surface area (TPSA) is 44.4 Å². The fourth-order valence-corrected chi connectivity index (χ4v) is 2.56. The fraction of sp³-hybridized carbons (Fsp3) is 0.533. The summed E-state index contributed by atoms with van der Waals surface area (Å²) in [5, 5.41) is 5.95. The van der Waals surface area contributed by atoms with Crippen molar-refractivity contribution in [3.05, 3.63) is 24.3 Å². The maximum Gasteiger partial charge on any atom is 0.319 e. The number of rotatable bonds is 3. The van der Waals surface area contributed by atoms with Gasteiger partial charge in [-0.3, -0.25) is 0 Å². The summed E-state index contributed by atoms with van der Waals surface area (Å²) in [7, 11) is 0. The van der Waals surface area contributed by atoms with E-state index in [1.165, 1.54) is 19.3 Å². The lowest BCUT2D eigenvalue weighted by atomic mass is 10.1. The molecule has 19 heavy (non-hydrogen) atoms. The van der Waals surface area contributed by atoms with E-state index in [0.717, 1.165) is 37.3 Å². The Kier molecular flexibility index (Phi) is 3.58. The van der Waals surface area contributed by atoms with E-state index in [4.69, 9.17) is 0 Å². The minimum absolute atomic E-state index is 0.0769. The van der Waals surface area contributed by atoms with Crippen LogP contribution in [0.5, 0.6) is 0 Å². The van der Waals surface area contributed by atoms with E-state index in [9.17, 15) is 4.79 Å². The molecule has 102 valence electrons. The molecule has 4 nitrogen and oxygen atoms in total. The summed E-state index contributed by atoms with van der Waals surface area (Å²) >= 11 is 0. The van der Waals surface area contributed by atoms with E-state index < -0.39 is 0 Å². The van der Waals surface area contributed by atoms with Gasteiger partial charge in [0.25, 0.3) is 0 Å². The van der Waals surface area contributed by atoms with Crippen molar-refractivity contribution >= 4 is 17.4 Å². The molecular formula is C15H21N3O. The van der Waals surface area contributed by atoms with Crippen LogP contribution < -0.4 is 15.5 Å². The van der Waals surface area contributed by atoms with Crippen LogP contribution in [-0.4, -0.2) is 25.2 Å². The van der Waals surface area contributed by atoms with Crippen molar-refractivity contribution in [2.75, 3.05) is 23.3 Å². The first-order chi connectivity index (χ1) is 9.33. The molecule has 1 aromatic carbocycles. The predicted octanol–water partition coefficient (Wildman–Crippen LogP) is 2.96. The van der Waals surface area contributed by atoms with Crippen molar-refractivity contribution in [3.63, 3.8) is 0 Å². The Morgan fingerprint density at radius 1 is 1.11 bits per heavy atom. The van der Waals surface area contributed by atoms with Gasteiger partial charge in [-0.2, -0.15) is 0 Å². The van der Waals surface area contributed by atoms with E-state index in [0.29, 0.717) is 6.04 Å². The predicted molar refractivity (Wildman–Crippen MR) is 77.7 cm³/mol. The monoisotopic (exact) mass is 259 g/mol. The number of carbonyl (C=O) groups excluding carboxylic acids is 1. The minimum atomic E-state index is -0.0769. The van der Waals surface area contributed by atoms with Crippen molar-refractivity contribution in [3.8, 4) is 0 Å². The van der Waals surface area contributed by atoms with Gasteiger partial charge >= 0.3 is 6.03 Å². The smallest absolute Gasteiger partial charge is 0.319 e. The third-order valence-corrected chi connectivity index (χ3v) is 3.76. The quantitative estimate of drug-likeness (QED) is 0.876. The Hall–Kier alpha value is -1.71. The van der Waals surface area contributed by atoms with Crippen molar-refractivity contribution in [2.24, 2.45) is 0 Å². The Bertz CT molecular complexity index is 450. The zero-order valence-corrected chi connectivity index (χ0v) is 11.2. The molecule has 3 rings (SSSR count). The van der Waals surface area contributed by atoms with Crippen LogP contribution in [-0.2, 0) is 0 Å². The number of urea groups is 1. The van der Waals surface area contributed by atoms with E-state index in [-0.39, 0.29) is 6.03 Å². The van der Waals surface area contributed by atoms with E-state index in [1.54, 1.807) is 0 Å². The van der Waals surface area contributed by atoms with Crippen LogP contribution in [0.3, 0.4) is 0 Å². The lowest BCUT2D eigenvalue weighted by Gasteiger charge is -2.30. The van der Waals surface area contributed by atoms with Crippen LogP contribution >= 0.6 is 0 Å². The normalized spacial score (nSPS) is 19.1. The van der Waals surface area contributed by atoms with Gasteiger partial charge in [0.15, 0.2) is 0 Å². The minimum Gasteiger partial charge on any atom is -0.370 e. The Labute approximate surface area is 114 Å². The number of benzene rings is 1. The van der Waals surface area contributed by atoms with Crippen molar-refractivity contribution in [1.29, 1.82) is 0 Å². The third-order valence-electron chi connectivity index (χ3n) is 3.76. The van der Waals surface area contributed by atoms with Gasteiger partial charge in [0.1, 0.15) is 0 Å². The molecule has 2 amide bonds. The highest BCUT2D eigenvalue weighted by atomic mass is 16.2. The van der Waals surface area contributed by atoms with Gasteiger partial charge in [0.05, 0.1) is 11.4 Å². The maximum absolute atomic E-state index is 11.9. The van der Waals surface area contributed by atoms with Gasteiger partial charge in [-0.15, -0.1) is 0 Å². The number of hydrogen-bond acceptors (Lipinski definition) is 2. The molecule has 0 unspecified atom stereocenters. The average Bonchev–Trinajstić information content (AvgIpc) is 3.24. The molecule has 0 bridgehead atoms. The number of para-hydroxylation sites is 2. The molecule has 1 aliphatic carbocycles. The molecule has 1 saturated carbocycles. The van der Waals surface area contributed by atoms with Gasteiger partial charge < -0.3 is 15.5 Å². The fourth-order valence-electron chi connectivity index (χ4n) is 2.56. The van der Waals surface area contributed by atoms with E-state index >= 15 is 0 Å². The Balaban J connectivity index is 1.70. The third kappa shape index (κ3) is 3.19. The summed E-state index contributed by atoms with van der Waals surface area (Å²) in [4.78, 5) is 14.2.